The van der Waals surface area contributed by atoms with Crippen molar-refractivity contribution in [3.63, 3.8) is 0 Å². The van der Waals surface area contributed by atoms with Crippen molar-refractivity contribution >= 4 is 23.3 Å². The van der Waals surface area contributed by atoms with E-state index in [9.17, 15) is 13.2 Å². The topological polar surface area (TPSA) is 15.3 Å². The molecular formula is C17H17F3N2S. The van der Waals surface area contributed by atoms with E-state index in [0.717, 1.165) is 36.5 Å². The molecule has 0 saturated carbocycles. The predicted octanol–water partition coefficient (Wildman–Crippen LogP) is 4.64. The zero-order valence-corrected chi connectivity index (χ0v) is 13.4. The van der Waals surface area contributed by atoms with Crippen LogP contribution >= 0.6 is 11.9 Å². The van der Waals surface area contributed by atoms with Crippen LogP contribution in [0.3, 0.4) is 0 Å². The van der Waals surface area contributed by atoms with E-state index < -0.39 is 11.7 Å². The van der Waals surface area contributed by atoms with Crippen molar-refractivity contribution in [1.29, 1.82) is 0 Å². The Morgan fingerprint density at radius 2 is 1.78 bits per heavy atom. The zero-order valence-electron chi connectivity index (χ0n) is 12.6. The fourth-order valence-electron chi connectivity index (χ4n) is 2.92. The average Bonchev–Trinajstić information content (AvgIpc) is 2.54. The maximum atomic E-state index is 12.7. The van der Waals surface area contributed by atoms with Crippen LogP contribution in [0, 0.1) is 0 Å². The molecule has 23 heavy (non-hydrogen) atoms. The van der Waals surface area contributed by atoms with Gasteiger partial charge in [-0.1, -0.05) is 30.1 Å². The molecule has 0 aliphatic carbocycles. The summed E-state index contributed by atoms with van der Waals surface area (Å²) in [6.45, 7) is 0.725. The molecule has 0 aromatic heterocycles. The van der Waals surface area contributed by atoms with E-state index in [2.05, 4.69) is 15.7 Å². The largest absolute Gasteiger partial charge is 0.416 e. The maximum Gasteiger partial charge on any atom is 0.416 e. The van der Waals surface area contributed by atoms with Crippen LogP contribution < -0.4 is 9.62 Å². The number of para-hydroxylation sites is 1. The van der Waals surface area contributed by atoms with Crippen molar-refractivity contribution in [3.8, 4) is 0 Å². The lowest BCUT2D eigenvalue weighted by Gasteiger charge is -2.36. The minimum Gasteiger partial charge on any atom is -0.340 e. The molecule has 0 radical (unpaired) electrons. The SMILES string of the molecule is CSNC1Cc2ccccc2N(c2ccc(C(F)(F)F)cc2)C1. The number of hydrogen-bond donors (Lipinski definition) is 1. The van der Waals surface area contributed by atoms with E-state index in [1.807, 2.05) is 24.5 Å². The number of rotatable bonds is 3. The zero-order chi connectivity index (χ0) is 16.4. The summed E-state index contributed by atoms with van der Waals surface area (Å²) in [4.78, 5) is 2.08. The molecule has 1 aliphatic rings. The van der Waals surface area contributed by atoms with Gasteiger partial charge in [0, 0.05) is 24.0 Å². The third-order valence-corrected chi connectivity index (χ3v) is 4.51. The number of anilines is 2. The van der Waals surface area contributed by atoms with Crippen molar-refractivity contribution in [2.75, 3.05) is 17.7 Å². The predicted molar refractivity (Wildman–Crippen MR) is 89.0 cm³/mol. The van der Waals surface area contributed by atoms with Gasteiger partial charge in [0.25, 0.3) is 0 Å². The van der Waals surface area contributed by atoms with Crippen LogP contribution in [0.15, 0.2) is 48.5 Å². The minimum atomic E-state index is -4.30. The molecule has 0 saturated heterocycles. The molecule has 0 amide bonds. The highest BCUT2D eigenvalue weighted by Gasteiger charge is 2.31. The van der Waals surface area contributed by atoms with E-state index in [4.69, 9.17) is 0 Å². The number of nitrogens with one attached hydrogen (secondary N) is 1. The van der Waals surface area contributed by atoms with Crippen LogP contribution in [0.1, 0.15) is 11.1 Å². The summed E-state index contributed by atoms with van der Waals surface area (Å²) in [5.41, 5.74) is 2.42. The van der Waals surface area contributed by atoms with E-state index in [1.54, 1.807) is 24.1 Å². The molecule has 0 fully saturated rings. The van der Waals surface area contributed by atoms with Gasteiger partial charge < -0.3 is 4.90 Å². The molecule has 3 rings (SSSR count). The van der Waals surface area contributed by atoms with Crippen molar-refractivity contribution in [2.45, 2.75) is 18.6 Å². The number of fused-ring (bicyclic) bond motifs is 1. The van der Waals surface area contributed by atoms with Crippen LogP contribution in [-0.2, 0) is 12.6 Å². The summed E-state index contributed by atoms with van der Waals surface area (Å²) >= 11 is 1.56. The molecule has 1 N–H and O–H groups in total. The van der Waals surface area contributed by atoms with Crippen LogP contribution in [0.4, 0.5) is 24.5 Å². The van der Waals surface area contributed by atoms with E-state index >= 15 is 0 Å². The first-order valence-corrected chi connectivity index (χ1v) is 8.52. The molecule has 6 heteroatoms. The van der Waals surface area contributed by atoms with Gasteiger partial charge in [-0.15, -0.1) is 0 Å². The number of hydrogen-bond acceptors (Lipinski definition) is 3. The third-order valence-electron chi connectivity index (χ3n) is 3.94. The number of nitrogens with zero attached hydrogens (tertiary/aromatic N) is 1. The molecule has 2 aromatic carbocycles. The maximum absolute atomic E-state index is 12.7. The van der Waals surface area contributed by atoms with Gasteiger partial charge >= 0.3 is 6.18 Å². The van der Waals surface area contributed by atoms with Gasteiger partial charge in [0.05, 0.1) is 5.56 Å². The molecule has 2 aromatic rings. The van der Waals surface area contributed by atoms with Crippen molar-refractivity contribution in [2.24, 2.45) is 0 Å². The second kappa shape index (κ2) is 6.45. The monoisotopic (exact) mass is 338 g/mol. The Balaban J connectivity index is 1.94. The van der Waals surface area contributed by atoms with Crippen molar-refractivity contribution < 1.29 is 13.2 Å². The van der Waals surface area contributed by atoms with E-state index in [1.165, 1.54) is 5.56 Å². The molecule has 1 unspecified atom stereocenters. The molecule has 1 heterocycles. The quantitative estimate of drug-likeness (QED) is 0.821. The fourth-order valence-corrected chi connectivity index (χ4v) is 3.41. The van der Waals surface area contributed by atoms with Crippen molar-refractivity contribution in [3.05, 3.63) is 59.7 Å². The second-order valence-corrected chi connectivity index (χ2v) is 6.15. The Kier molecular flexibility index (Phi) is 4.55. The first-order chi connectivity index (χ1) is 11.0. The van der Waals surface area contributed by atoms with Gasteiger partial charge in [-0.25, -0.2) is 0 Å². The van der Waals surface area contributed by atoms with Gasteiger partial charge in [0.15, 0.2) is 0 Å². The van der Waals surface area contributed by atoms with Crippen molar-refractivity contribution in [1.82, 2.24) is 4.72 Å². The van der Waals surface area contributed by atoms with E-state index in [-0.39, 0.29) is 6.04 Å². The highest BCUT2D eigenvalue weighted by molar-refractivity contribution is 7.96. The fraction of sp³-hybridized carbons (Fsp3) is 0.294. The van der Waals surface area contributed by atoms with Crippen LogP contribution in [0.2, 0.25) is 0 Å². The van der Waals surface area contributed by atoms with Gasteiger partial charge in [-0.05, 0) is 48.6 Å². The molecule has 0 bridgehead atoms. The average molecular weight is 338 g/mol. The standard InChI is InChI=1S/C17H17F3N2S/c1-23-21-14-10-12-4-2-3-5-16(12)22(11-14)15-8-6-13(7-9-15)17(18,19)20/h2-9,14,21H,10-11H2,1H3. The van der Waals surface area contributed by atoms with Crippen LogP contribution in [0.25, 0.3) is 0 Å². The first kappa shape index (κ1) is 16.2. The second-order valence-electron chi connectivity index (χ2n) is 5.51. The Hall–Kier alpha value is -1.66. The first-order valence-electron chi connectivity index (χ1n) is 7.30. The Morgan fingerprint density at radius 3 is 2.43 bits per heavy atom. The normalized spacial score (nSPS) is 17.9. The number of halogens is 3. The molecule has 1 atom stereocenters. The van der Waals surface area contributed by atoms with E-state index in [0.29, 0.717) is 0 Å². The minimum absolute atomic E-state index is 0.252. The molecule has 0 spiro atoms. The third kappa shape index (κ3) is 3.48. The summed E-state index contributed by atoms with van der Waals surface area (Å²) < 4.78 is 41.6. The smallest absolute Gasteiger partial charge is 0.340 e. The van der Waals surface area contributed by atoms with Crippen LogP contribution in [0.5, 0.6) is 0 Å². The Labute approximate surface area is 137 Å². The summed E-state index contributed by atoms with van der Waals surface area (Å²) in [6, 6.07) is 13.7. The molecular weight excluding hydrogens is 321 g/mol. The summed E-state index contributed by atoms with van der Waals surface area (Å²) in [7, 11) is 0. The van der Waals surface area contributed by atoms with Gasteiger partial charge in [-0.2, -0.15) is 13.2 Å². The Bertz CT molecular complexity index is 670. The van der Waals surface area contributed by atoms with Gasteiger partial charge in [0.2, 0.25) is 0 Å². The van der Waals surface area contributed by atoms with Crippen LogP contribution in [-0.4, -0.2) is 18.8 Å². The van der Waals surface area contributed by atoms with Gasteiger partial charge in [0.1, 0.15) is 0 Å². The Morgan fingerprint density at radius 1 is 1.09 bits per heavy atom. The molecule has 1 aliphatic heterocycles. The summed E-state index contributed by atoms with van der Waals surface area (Å²) in [5.74, 6) is 0. The highest BCUT2D eigenvalue weighted by atomic mass is 32.2. The van der Waals surface area contributed by atoms with Gasteiger partial charge in [-0.3, -0.25) is 4.72 Å². The number of alkyl halides is 3. The summed E-state index contributed by atoms with van der Waals surface area (Å²) in [6.07, 6.45) is -1.42. The number of benzene rings is 2. The highest BCUT2D eigenvalue weighted by Crippen LogP contribution is 2.36. The molecule has 122 valence electrons. The lowest BCUT2D eigenvalue weighted by molar-refractivity contribution is -0.137. The lowest BCUT2D eigenvalue weighted by atomic mass is 9.97. The molecule has 2 nitrogen and oxygen atoms in total. The summed E-state index contributed by atoms with van der Waals surface area (Å²) in [5, 5.41) is 0. The lowest BCUT2D eigenvalue weighted by Crippen LogP contribution is -2.41.